The minimum atomic E-state index is -4.72. The number of benzene rings is 1. The minimum absolute atomic E-state index is 0.0332. The SMILES string of the molecule is Cc1cncc(N2CC[C@@H](NC(=O)Cc3ccc(OC(F)(F)F)cc3)C2)c1. The molecule has 27 heavy (non-hydrogen) atoms. The lowest BCUT2D eigenvalue weighted by atomic mass is 10.1. The van der Waals surface area contributed by atoms with Crippen LogP contribution >= 0.6 is 0 Å². The van der Waals surface area contributed by atoms with Gasteiger partial charge in [0.1, 0.15) is 5.75 Å². The summed E-state index contributed by atoms with van der Waals surface area (Å²) < 4.78 is 40.3. The first-order chi connectivity index (χ1) is 12.8. The van der Waals surface area contributed by atoms with Gasteiger partial charge in [-0.25, -0.2) is 0 Å². The number of nitrogens with one attached hydrogen (secondary N) is 1. The van der Waals surface area contributed by atoms with Crippen LogP contribution in [-0.2, 0) is 11.2 Å². The number of anilines is 1. The number of aromatic nitrogens is 1. The van der Waals surface area contributed by atoms with Crippen LogP contribution in [0.3, 0.4) is 0 Å². The molecule has 3 rings (SSSR count). The van der Waals surface area contributed by atoms with Crippen LogP contribution < -0.4 is 15.0 Å². The second kappa shape index (κ2) is 7.85. The Morgan fingerprint density at radius 1 is 1.30 bits per heavy atom. The Labute approximate surface area is 155 Å². The van der Waals surface area contributed by atoms with E-state index in [9.17, 15) is 18.0 Å². The lowest BCUT2D eigenvalue weighted by Crippen LogP contribution is -2.38. The Morgan fingerprint density at radius 3 is 2.70 bits per heavy atom. The van der Waals surface area contributed by atoms with E-state index in [1.165, 1.54) is 24.3 Å². The third-order valence-electron chi connectivity index (χ3n) is 4.30. The molecule has 0 radical (unpaired) electrons. The summed E-state index contributed by atoms with van der Waals surface area (Å²) in [6, 6.07) is 7.42. The number of carbonyl (C=O) groups excluding carboxylic acids is 1. The first-order valence-corrected chi connectivity index (χ1v) is 8.59. The number of halogens is 3. The van der Waals surface area contributed by atoms with E-state index in [-0.39, 0.29) is 24.1 Å². The van der Waals surface area contributed by atoms with Crippen molar-refractivity contribution in [3.63, 3.8) is 0 Å². The van der Waals surface area contributed by atoms with E-state index >= 15 is 0 Å². The average molecular weight is 379 g/mol. The number of rotatable bonds is 5. The van der Waals surface area contributed by atoms with Gasteiger partial charge in [0.25, 0.3) is 0 Å². The van der Waals surface area contributed by atoms with E-state index in [2.05, 4.69) is 26.0 Å². The van der Waals surface area contributed by atoms with E-state index in [4.69, 9.17) is 0 Å². The van der Waals surface area contributed by atoms with Crippen LogP contribution in [0.25, 0.3) is 0 Å². The van der Waals surface area contributed by atoms with E-state index in [1.807, 2.05) is 13.1 Å². The minimum Gasteiger partial charge on any atom is -0.406 e. The summed E-state index contributed by atoms with van der Waals surface area (Å²) in [5.74, 6) is -0.460. The normalized spacial score (nSPS) is 17.0. The van der Waals surface area contributed by atoms with Crippen LogP contribution in [0, 0.1) is 6.92 Å². The second-order valence-electron chi connectivity index (χ2n) is 6.59. The summed E-state index contributed by atoms with van der Waals surface area (Å²) in [7, 11) is 0. The van der Waals surface area contributed by atoms with Crippen molar-refractivity contribution in [3.05, 3.63) is 53.9 Å². The van der Waals surface area contributed by atoms with Gasteiger partial charge < -0.3 is 15.0 Å². The smallest absolute Gasteiger partial charge is 0.406 e. The highest BCUT2D eigenvalue weighted by Crippen LogP contribution is 2.23. The molecule has 5 nitrogen and oxygen atoms in total. The molecule has 0 unspecified atom stereocenters. The maximum atomic E-state index is 12.2. The Balaban J connectivity index is 1.50. The predicted molar refractivity (Wildman–Crippen MR) is 94.6 cm³/mol. The van der Waals surface area contributed by atoms with Crippen molar-refractivity contribution in [3.8, 4) is 5.75 Å². The van der Waals surface area contributed by atoms with Crippen molar-refractivity contribution in [2.75, 3.05) is 18.0 Å². The van der Waals surface area contributed by atoms with Crippen LogP contribution in [0.2, 0.25) is 0 Å². The third kappa shape index (κ3) is 5.60. The molecule has 1 fully saturated rings. The highest BCUT2D eigenvalue weighted by molar-refractivity contribution is 5.79. The number of alkyl halides is 3. The van der Waals surface area contributed by atoms with Crippen molar-refractivity contribution >= 4 is 11.6 Å². The van der Waals surface area contributed by atoms with Crippen LogP contribution in [0.5, 0.6) is 5.75 Å². The number of amides is 1. The number of hydrogen-bond acceptors (Lipinski definition) is 4. The first-order valence-electron chi connectivity index (χ1n) is 8.59. The molecule has 1 aliphatic rings. The number of ether oxygens (including phenoxy) is 1. The van der Waals surface area contributed by atoms with Crippen molar-refractivity contribution in [2.24, 2.45) is 0 Å². The van der Waals surface area contributed by atoms with E-state index in [0.29, 0.717) is 12.1 Å². The quantitative estimate of drug-likeness (QED) is 0.867. The molecular formula is C19H20F3N3O2. The molecule has 0 bridgehead atoms. The zero-order chi connectivity index (χ0) is 19.4. The van der Waals surface area contributed by atoms with E-state index in [1.54, 1.807) is 6.20 Å². The molecule has 1 N–H and O–H groups in total. The summed E-state index contributed by atoms with van der Waals surface area (Å²) >= 11 is 0. The van der Waals surface area contributed by atoms with Gasteiger partial charge in [-0.1, -0.05) is 12.1 Å². The fraction of sp³-hybridized carbons (Fsp3) is 0.368. The number of hydrogen-bond donors (Lipinski definition) is 1. The number of pyridine rings is 1. The Morgan fingerprint density at radius 2 is 2.04 bits per heavy atom. The van der Waals surface area contributed by atoms with Crippen LogP contribution in [0.4, 0.5) is 18.9 Å². The summed E-state index contributed by atoms with van der Waals surface area (Å²) in [4.78, 5) is 18.6. The van der Waals surface area contributed by atoms with Crippen LogP contribution in [-0.4, -0.2) is 36.4 Å². The van der Waals surface area contributed by atoms with Crippen LogP contribution in [0.15, 0.2) is 42.7 Å². The second-order valence-corrected chi connectivity index (χ2v) is 6.59. The van der Waals surface area contributed by atoms with Gasteiger partial charge in [0.05, 0.1) is 18.3 Å². The van der Waals surface area contributed by atoms with Crippen molar-refractivity contribution in [1.29, 1.82) is 0 Å². The van der Waals surface area contributed by atoms with Gasteiger partial charge in [-0.05, 0) is 42.7 Å². The maximum Gasteiger partial charge on any atom is 0.573 e. The molecule has 2 heterocycles. The molecule has 0 saturated carbocycles. The molecule has 0 spiro atoms. The predicted octanol–water partition coefficient (Wildman–Crippen LogP) is 3.23. The maximum absolute atomic E-state index is 12.2. The Hall–Kier alpha value is -2.77. The average Bonchev–Trinajstić information content (AvgIpc) is 3.04. The van der Waals surface area contributed by atoms with Gasteiger partial charge in [0, 0.05) is 25.3 Å². The zero-order valence-corrected chi connectivity index (χ0v) is 14.8. The molecule has 1 aliphatic heterocycles. The van der Waals surface area contributed by atoms with Crippen molar-refractivity contribution in [1.82, 2.24) is 10.3 Å². The monoisotopic (exact) mass is 379 g/mol. The van der Waals surface area contributed by atoms with Crippen molar-refractivity contribution in [2.45, 2.75) is 32.2 Å². The van der Waals surface area contributed by atoms with Gasteiger partial charge in [0.15, 0.2) is 0 Å². The first kappa shape index (κ1) is 19.0. The summed E-state index contributed by atoms with van der Waals surface area (Å²) in [6.07, 6.45) is -0.182. The number of carbonyl (C=O) groups is 1. The van der Waals surface area contributed by atoms with Gasteiger partial charge >= 0.3 is 6.36 Å². The zero-order valence-electron chi connectivity index (χ0n) is 14.8. The van der Waals surface area contributed by atoms with Gasteiger partial charge in [-0.15, -0.1) is 13.2 Å². The molecule has 0 aliphatic carbocycles. The Bertz CT molecular complexity index is 794. The Kier molecular flexibility index (Phi) is 5.53. The highest BCUT2D eigenvalue weighted by atomic mass is 19.4. The lowest BCUT2D eigenvalue weighted by Gasteiger charge is -2.19. The standard InChI is InChI=1S/C19H20F3N3O2/c1-13-8-16(11-23-10-13)25-7-6-15(12-25)24-18(26)9-14-2-4-17(5-3-14)27-19(20,21)22/h2-5,8,10-11,15H,6-7,9,12H2,1H3,(H,24,26)/t15-/m1/s1. The third-order valence-corrected chi connectivity index (χ3v) is 4.30. The highest BCUT2D eigenvalue weighted by Gasteiger charge is 2.31. The van der Waals surface area contributed by atoms with Gasteiger partial charge in [0.2, 0.25) is 5.91 Å². The summed E-state index contributed by atoms with van der Waals surface area (Å²) in [5, 5.41) is 2.98. The van der Waals surface area contributed by atoms with Gasteiger partial charge in [-0.3, -0.25) is 9.78 Å². The molecule has 1 saturated heterocycles. The van der Waals surface area contributed by atoms with Crippen molar-refractivity contribution < 1.29 is 22.7 Å². The molecule has 8 heteroatoms. The fourth-order valence-electron chi connectivity index (χ4n) is 3.10. The van der Waals surface area contributed by atoms with Crippen LogP contribution in [0.1, 0.15) is 17.5 Å². The van der Waals surface area contributed by atoms with Gasteiger partial charge in [-0.2, -0.15) is 0 Å². The largest absolute Gasteiger partial charge is 0.573 e. The topological polar surface area (TPSA) is 54.5 Å². The molecule has 1 aromatic heterocycles. The molecular weight excluding hydrogens is 359 g/mol. The summed E-state index contributed by atoms with van der Waals surface area (Å²) in [5.41, 5.74) is 2.74. The molecule has 2 aromatic rings. The molecule has 144 valence electrons. The van der Waals surface area contributed by atoms with E-state index < -0.39 is 6.36 Å². The number of aryl methyl sites for hydroxylation is 1. The number of nitrogens with zero attached hydrogens (tertiary/aromatic N) is 2. The molecule has 1 aromatic carbocycles. The fourth-order valence-corrected chi connectivity index (χ4v) is 3.10. The van der Waals surface area contributed by atoms with E-state index in [0.717, 1.165) is 24.2 Å². The molecule has 1 amide bonds. The molecule has 1 atom stereocenters. The lowest BCUT2D eigenvalue weighted by molar-refractivity contribution is -0.274. The summed E-state index contributed by atoms with van der Waals surface area (Å²) in [6.45, 7) is 3.52.